The highest BCUT2D eigenvalue weighted by Gasteiger charge is 2.49. The highest BCUT2D eigenvalue weighted by Crippen LogP contribution is 2.41. The molecule has 1 N–H and O–H groups in total. The van der Waals surface area contributed by atoms with Crippen molar-refractivity contribution in [3.05, 3.63) is 35.4 Å². The molecule has 3 rings (SSSR count). The Kier molecular flexibility index (Phi) is 2.75. The van der Waals surface area contributed by atoms with Crippen molar-refractivity contribution in [1.29, 1.82) is 0 Å². The van der Waals surface area contributed by atoms with E-state index >= 15 is 0 Å². The molecule has 0 radical (unpaired) electrons. The van der Waals surface area contributed by atoms with Gasteiger partial charge in [-0.1, -0.05) is 29.8 Å². The van der Waals surface area contributed by atoms with E-state index < -0.39 is 9.84 Å². The average Bonchev–Trinajstić information content (AvgIpc) is 2.60. The summed E-state index contributed by atoms with van der Waals surface area (Å²) in [6.07, 6.45) is 0.817. The minimum atomic E-state index is -2.80. The number of hydrogen-bond donors (Lipinski definition) is 1. The zero-order chi connectivity index (χ0) is 12.8. The van der Waals surface area contributed by atoms with Crippen LogP contribution in [0.4, 0.5) is 0 Å². The second kappa shape index (κ2) is 4.07. The lowest BCUT2D eigenvalue weighted by Gasteiger charge is -2.47. The first-order valence-corrected chi connectivity index (χ1v) is 8.32. The molecule has 0 amide bonds. The molecule has 1 aromatic carbocycles. The fraction of sp³-hybridized carbons (Fsp3) is 0.571. The summed E-state index contributed by atoms with van der Waals surface area (Å²) in [6.45, 7) is 3.90. The molecule has 0 aromatic heterocycles. The predicted octanol–water partition coefficient (Wildman–Crippen LogP) is 1.27. The van der Waals surface area contributed by atoms with Gasteiger partial charge in [0.2, 0.25) is 0 Å². The largest absolute Gasteiger partial charge is 0.315 e. The van der Waals surface area contributed by atoms with Gasteiger partial charge in [-0.25, -0.2) is 8.42 Å². The van der Waals surface area contributed by atoms with Crippen LogP contribution in [0, 0.1) is 12.8 Å². The van der Waals surface area contributed by atoms with Crippen LogP contribution in [-0.2, 0) is 15.3 Å². The van der Waals surface area contributed by atoms with Crippen molar-refractivity contribution >= 4 is 9.84 Å². The van der Waals surface area contributed by atoms with E-state index in [9.17, 15) is 8.42 Å². The summed E-state index contributed by atoms with van der Waals surface area (Å²) >= 11 is 0. The zero-order valence-electron chi connectivity index (χ0n) is 10.6. The Morgan fingerprint density at radius 2 is 1.89 bits per heavy atom. The lowest BCUT2D eigenvalue weighted by Crippen LogP contribution is -2.61. The Balaban J connectivity index is 1.93. The molecule has 2 aliphatic rings. The van der Waals surface area contributed by atoms with Crippen LogP contribution in [0.15, 0.2) is 24.3 Å². The highest BCUT2D eigenvalue weighted by molar-refractivity contribution is 7.91. The van der Waals surface area contributed by atoms with Gasteiger partial charge in [0.05, 0.1) is 11.5 Å². The van der Waals surface area contributed by atoms with E-state index in [1.54, 1.807) is 0 Å². The first-order valence-electron chi connectivity index (χ1n) is 6.50. The van der Waals surface area contributed by atoms with Gasteiger partial charge in [-0.15, -0.1) is 0 Å². The van der Waals surface area contributed by atoms with Crippen LogP contribution < -0.4 is 5.32 Å². The number of hydrogen-bond acceptors (Lipinski definition) is 3. The summed E-state index contributed by atoms with van der Waals surface area (Å²) in [7, 11) is -2.80. The van der Waals surface area contributed by atoms with Crippen LogP contribution in [0.5, 0.6) is 0 Å². The minimum Gasteiger partial charge on any atom is -0.315 e. The zero-order valence-corrected chi connectivity index (χ0v) is 11.5. The van der Waals surface area contributed by atoms with Crippen molar-refractivity contribution in [2.24, 2.45) is 5.92 Å². The second-order valence-electron chi connectivity index (χ2n) is 5.73. The van der Waals surface area contributed by atoms with E-state index in [1.807, 2.05) is 0 Å². The third-order valence-corrected chi connectivity index (χ3v) is 6.29. The van der Waals surface area contributed by atoms with E-state index in [4.69, 9.17) is 0 Å². The van der Waals surface area contributed by atoms with E-state index in [1.165, 1.54) is 11.1 Å². The fourth-order valence-electron chi connectivity index (χ4n) is 3.24. The number of sulfone groups is 1. The summed E-state index contributed by atoms with van der Waals surface area (Å²) < 4.78 is 23.4. The number of benzene rings is 1. The van der Waals surface area contributed by atoms with Gasteiger partial charge in [-0.05, 0) is 24.8 Å². The number of aryl methyl sites for hydroxylation is 1. The first kappa shape index (κ1) is 12.2. The molecule has 0 bridgehead atoms. The third-order valence-electron chi connectivity index (χ3n) is 4.52. The molecule has 0 aliphatic carbocycles. The Hall–Kier alpha value is -0.870. The molecule has 2 heterocycles. The van der Waals surface area contributed by atoms with Crippen molar-refractivity contribution in [3.63, 3.8) is 0 Å². The predicted molar refractivity (Wildman–Crippen MR) is 72.5 cm³/mol. The van der Waals surface area contributed by atoms with Crippen molar-refractivity contribution in [2.45, 2.75) is 18.8 Å². The summed E-state index contributed by atoms with van der Waals surface area (Å²) in [5.74, 6) is 1.01. The fourth-order valence-corrected chi connectivity index (χ4v) is 5.15. The van der Waals surface area contributed by atoms with E-state index in [-0.39, 0.29) is 11.3 Å². The maximum atomic E-state index is 11.7. The van der Waals surface area contributed by atoms with Crippen LogP contribution in [0.1, 0.15) is 17.5 Å². The normalized spacial score (nSPS) is 28.8. The molecule has 0 saturated carbocycles. The van der Waals surface area contributed by atoms with E-state index in [0.29, 0.717) is 11.5 Å². The molecule has 4 heteroatoms. The molecular weight excluding hydrogens is 246 g/mol. The molecule has 1 unspecified atom stereocenters. The van der Waals surface area contributed by atoms with Gasteiger partial charge in [0.15, 0.2) is 9.84 Å². The Morgan fingerprint density at radius 1 is 1.22 bits per heavy atom. The average molecular weight is 265 g/mol. The first-order chi connectivity index (χ1) is 8.52. The van der Waals surface area contributed by atoms with Crippen LogP contribution in [-0.4, -0.2) is 33.0 Å². The van der Waals surface area contributed by atoms with Gasteiger partial charge in [-0.2, -0.15) is 0 Å². The second-order valence-corrected chi connectivity index (χ2v) is 7.95. The van der Waals surface area contributed by atoms with Crippen molar-refractivity contribution < 1.29 is 8.42 Å². The molecule has 2 aliphatic heterocycles. The quantitative estimate of drug-likeness (QED) is 0.876. The van der Waals surface area contributed by atoms with Crippen LogP contribution >= 0.6 is 0 Å². The Labute approximate surface area is 109 Å². The summed E-state index contributed by atoms with van der Waals surface area (Å²) in [5.41, 5.74) is 2.60. The minimum absolute atomic E-state index is 0.0528. The lowest BCUT2D eigenvalue weighted by molar-refractivity contribution is 0.190. The van der Waals surface area contributed by atoms with E-state index in [0.717, 1.165) is 19.5 Å². The van der Waals surface area contributed by atoms with Crippen LogP contribution in [0.3, 0.4) is 0 Å². The van der Waals surface area contributed by atoms with Crippen molar-refractivity contribution in [2.75, 3.05) is 24.6 Å². The monoisotopic (exact) mass is 265 g/mol. The topological polar surface area (TPSA) is 46.2 Å². The molecule has 1 atom stereocenters. The van der Waals surface area contributed by atoms with Crippen LogP contribution in [0.2, 0.25) is 0 Å². The number of nitrogens with one attached hydrogen (secondary N) is 1. The molecule has 3 nitrogen and oxygen atoms in total. The smallest absolute Gasteiger partial charge is 0.150 e. The number of rotatable bonds is 2. The molecule has 0 spiro atoms. The molecule has 18 heavy (non-hydrogen) atoms. The van der Waals surface area contributed by atoms with Crippen LogP contribution in [0.25, 0.3) is 0 Å². The highest BCUT2D eigenvalue weighted by atomic mass is 32.2. The molecular formula is C14H19NO2S. The molecule has 2 saturated heterocycles. The Bertz CT molecular complexity index is 544. The molecule has 1 aromatic rings. The van der Waals surface area contributed by atoms with Gasteiger partial charge in [-0.3, -0.25) is 0 Å². The maximum Gasteiger partial charge on any atom is 0.150 e. The molecule has 98 valence electrons. The van der Waals surface area contributed by atoms with Gasteiger partial charge in [0.25, 0.3) is 0 Å². The van der Waals surface area contributed by atoms with Crippen molar-refractivity contribution in [3.8, 4) is 0 Å². The maximum absolute atomic E-state index is 11.7. The summed E-state index contributed by atoms with van der Waals surface area (Å²) in [6, 6.07) is 8.58. The van der Waals surface area contributed by atoms with Gasteiger partial charge in [0, 0.05) is 18.5 Å². The summed E-state index contributed by atoms with van der Waals surface area (Å²) in [5, 5.41) is 3.32. The summed E-state index contributed by atoms with van der Waals surface area (Å²) in [4.78, 5) is 0. The van der Waals surface area contributed by atoms with Gasteiger partial charge in [0.1, 0.15) is 0 Å². The van der Waals surface area contributed by atoms with E-state index in [2.05, 4.69) is 36.5 Å². The standard InChI is InChI=1S/C14H19NO2S/c1-11-2-4-12(5-3-11)14(9-15-10-14)13-6-7-18(16,17)8-13/h2-5,13,15H,6-10H2,1H3. The SMILES string of the molecule is Cc1ccc(C2(C3CCS(=O)(=O)C3)CNC2)cc1. The lowest BCUT2D eigenvalue weighted by atomic mass is 9.66. The Morgan fingerprint density at radius 3 is 2.33 bits per heavy atom. The molecule has 2 fully saturated rings. The van der Waals surface area contributed by atoms with Crippen molar-refractivity contribution in [1.82, 2.24) is 5.32 Å². The third kappa shape index (κ3) is 1.88. The van der Waals surface area contributed by atoms with Gasteiger partial charge >= 0.3 is 0 Å². The van der Waals surface area contributed by atoms with Gasteiger partial charge < -0.3 is 5.32 Å².